The fourth-order valence-corrected chi connectivity index (χ4v) is 16.8. The Labute approximate surface area is 472 Å². The van der Waals surface area contributed by atoms with Gasteiger partial charge in [0.1, 0.15) is 66.3 Å². The quantitative estimate of drug-likeness (QED) is 0.0361. The first kappa shape index (κ1) is 63.5. The Kier molecular flexibility index (Phi) is 19.7. The summed E-state index contributed by atoms with van der Waals surface area (Å²) in [7, 11) is 0. The van der Waals surface area contributed by atoms with Crippen LogP contribution in [0.1, 0.15) is 177 Å². The van der Waals surface area contributed by atoms with Gasteiger partial charge in [-0.1, -0.05) is 91.7 Å². The number of unbranched alkanes of at least 4 members (excludes halogenated alkanes) is 7. The highest BCUT2D eigenvalue weighted by atomic mass is 16.8. The number of hydrogen-bond acceptors (Lipinski definition) is 19. The van der Waals surface area contributed by atoms with E-state index >= 15 is 4.79 Å². The van der Waals surface area contributed by atoms with Crippen molar-refractivity contribution in [3.8, 4) is 0 Å². The van der Waals surface area contributed by atoms with Crippen molar-refractivity contribution in [2.75, 3.05) is 13.2 Å². The van der Waals surface area contributed by atoms with Crippen LogP contribution in [0.25, 0.3) is 0 Å². The molecule has 0 aromatic heterocycles. The molecule has 456 valence electrons. The van der Waals surface area contributed by atoms with Gasteiger partial charge in [-0.2, -0.15) is 0 Å². The zero-order chi connectivity index (χ0) is 58.5. The van der Waals surface area contributed by atoms with E-state index in [1.165, 1.54) is 6.92 Å². The zero-order valence-corrected chi connectivity index (χ0v) is 48.6. The second kappa shape index (κ2) is 24.8. The summed E-state index contributed by atoms with van der Waals surface area (Å²) in [4.78, 5) is 53.4. The predicted octanol–water partition coefficient (Wildman–Crippen LogP) is 3.57. The van der Waals surface area contributed by atoms with E-state index < -0.39 is 145 Å². The van der Waals surface area contributed by atoms with E-state index in [1.54, 1.807) is 6.92 Å². The van der Waals surface area contributed by atoms with Gasteiger partial charge in [-0.05, 0) is 124 Å². The van der Waals surface area contributed by atoms with E-state index in [0.29, 0.717) is 38.5 Å². The maximum Gasteiger partial charge on any atom is 0.317 e. The molecule has 8 rings (SSSR count). The number of carbonyl (C=O) groups excluding carboxylic acids is 4. The molecule has 12 unspecified atom stereocenters. The lowest BCUT2D eigenvalue weighted by Gasteiger charge is -2.71. The largest absolute Gasteiger partial charge is 0.432 e. The molecule has 4 saturated carbocycles. The Morgan fingerprint density at radius 2 is 1.34 bits per heavy atom. The number of Topliss-reactive ketones (excluding diaryl/α,β-unsaturated/α-hetero) is 1. The lowest BCUT2D eigenvalue weighted by atomic mass is 9.33. The van der Waals surface area contributed by atoms with Gasteiger partial charge >= 0.3 is 5.97 Å². The number of fused-ring (bicyclic) bond motifs is 7. The van der Waals surface area contributed by atoms with Crippen LogP contribution >= 0.6 is 0 Å². The third kappa shape index (κ3) is 11.7. The van der Waals surface area contributed by atoms with E-state index in [0.717, 1.165) is 76.1 Å². The Morgan fingerprint density at radius 3 is 1.99 bits per heavy atom. The molecular formula is C60H97NO19. The number of ether oxygens (including phenoxy) is 6. The number of aldehydes is 1. The van der Waals surface area contributed by atoms with Gasteiger partial charge in [0, 0.05) is 12.8 Å². The maximum absolute atomic E-state index is 15.7. The molecule has 3 heterocycles. The molecule has 0 spiro atoms. The molecule has 3 saturated heterocycles. The lowest BCUT2D eigenvalue weighted by Crippen LogP contribution is -2.69. The van der Waals surface area contributed by atoms with Gasteiger partial charge in [-0.15, -0.1) is 0 Å². The van der Waals surface area contributed by atoms with Gasteiger partial charge in [-0.3, -0.25) is 9.59 Å². The van der Waals surface area contributed by atoms with Crippen molar-refractivity contribution in [2.24, 2.45) is 50.2 Å². The van der Waals surface area contributed by atoms with Crippen LogP contribution in [0.2, 0.25) is 0 Å². The summed E-state index contributed by atoms with van der Waals surface area (Å²) in [5.41, 5.74) is -2.85. The fourth-order valence-electron chi connectivity index (χ4n) is 16.8. The summed E-state index contributed by atoms with van der Waals surface area (Å²) in [6.45, 7) is 14.9. The van der Waals surface area contributed by atoms with Crippen LogP contribution < -0.4 is 5.32 Å². The lowest BCUT2D eigenvalue weighted by molar-refractivity contribution is -0.370. The molecule has 7 fully saturated rings. The molecular weight excluding hydrogens is 1040 g/mol. The fraction of sp³-hybridized carbons (Fsp3) is 0.900. The van der Waals surface area contributed by atoms with E-state index in [1.807, 2.05) is 6.92 Å². The average Bonchev–Trinajstić information content (AvgIpc) is 3.49. The monoisotopic (exact) mass is 1140 g/mol. The molecule has 0 aromatic carbocycles. The van der Waals surface area contributed by atoms with E-state index in [9.17, 15) is 60.3 Å². The van der Waals surface area contributed by atoms with E-state index in [2.05, 4.69) is 46.0 Å². The number of aliphatic hydroxyl groups excluding tert-OH is 9. The van der Waals surface area contributed by atoms with Crippen molar-refractivity contribution < 1.29 is 93.6 Å². The van der Waals surface area contributed by atoms with Crippen molar-refractivity contribution >= 4 is 23.9 Å². The van der Waals surface area contributed by atoms with Gasteiger partial charge < -0.3 is 89.3 Å². The highest BCUT2D eigenvalue weighted by molar-refractivity contribution is 5.80. The molecule has 0 radical (unpaired) electrons. The Balaban J connectivity index is 1.04. The van der Waals surface area contributed by atoms with Crippen molar-refractivity contribution in [3.05, 3.63) is 11.6 Å². The highest BCUT2D eigenvalue weighted by Crippen LogP contribution is 2.76. The number of esters is 1. The highest BCUT2D eigenvalue weighted by Gasteiger charge is 2.72. The molecule has 80 heavy (non-hydrogen) atoms. The number of ketones is 1. The molecule has 10 N–H and O–H groups in total. The van der Waals surface area contributed by atoms with Gasteiger partial charge in [0.2, 0.25) is 12.2 Å². The molecule has 20 nitrogen and oxygen atoms in total. The topological polar surface area (TPSA) is 318 Å². The first-order valence-corrected chi connectivity index (χ1v) is 30.1. The predicted molar refractivity (Wildman–Crippen MR) is 287 cm³/mol. The first-order chi connectivity index (χ1) is 37.6. The first-order valence-electron chi connectivity index (χ1n) is 30.1. The number of carbonyl (C=O) groups is 4. The van der Waals surface area contributed by atoms with Gasteiger partial charge in [-0.25, -0.2) is 0 Å². The Hall–Kier alpha value is -2.54. The average molecular weight is 1140 g/mol. The molecule has 24 atom stereocenters. The van der Waals surface area contributed by atoms with Crippen LogP contribution in [0.15, 0.2) is 11.6 Å². The summed E-state index contributed by atoms with van der Waals surface area (Å²) < 4.78 is 36.5. The number of allylic oxidation sites excluding steroid dienone is 2. The second-order valence-electron chi connectivity index (χ2n) is 27.4. The Bertz CT molecular complexity index is 2220. The smallest absolute Gasteiger partial charge is 0.317 e. The summed E-state index contributed by atoms with van der Waals surface area (Å²) in [6, 6.07) is -1.34. The summed E-state index contributed by atoms with van der Waals surface area (Å²) >= 11 is 0. The van der Waals surface area contributed by atoms with Crippen molar-refractivity contribution in [1.82, 2.24) is 5.32 Å². The van der Waals surface area contributed by atoms with Gasteiger partial charge in [0.25, 0.3) is 0 Å². The van der Waals surface area contributed by atoms with Crippen LogP contribution in [0.5, 0.6) is 0 Å². The van der Waals surface area contributed by atoms with Crippen molar-refractivity contribution in [1.29, 1.82) is 0 Å². The molecule has 0 aromatic rings. The van der Waals surface area contributed by atoms with Crippen LogP contribution in [0.3, 0.4) is 0 Å². The molecule has 0 bridgehead atoms. The van der Waals surface area contributed by atoms with Crippen LogP contribution in [0.4, 0.5) is 0 Å². The molecule has 3 aliphatic heterocycles. The maximum atomic E-state index is 15.7. The third-order valence-electron chi connectivity index (χ3n) is 21.9. The number of aliphatic hydroxyl groups is 9. The van der Waals surface area contributed by atoms with Crippen molar-refractivity contribution in [2.45, 2.75) is 276 Å². The summed E-state index contributed by atoms with van der Waals surface area (Å²) in [5.74, 6) is -1.52. The zero-order valence-electron chi connectivity index (χ0n) is 48.6. The third-order valence-corrected chi connectivity index (χ3v) is 21.9. The van der Waals surface area contributed by atoms with Gasteiger partial charge in [0.05, 0.1) is 43.0 Å². The SMILES string of the molecule is CC(=O)CCCCCCCCCCC(=O)N[C@H]1C(CO)O[C@@H](OC(=O)[C@]23CCC(C)(C)CC2C2=CCC4C5(C)CC[C@H](O)[C@](C)(C=O)[C@@H]5CC[C@]4(C)[C@]2(C)CC3O)C(O[C@@H]2OC(C)[C@H](O[C@@H]3OC[C@@H](O)C(O)C3O)C(O)C2O)C1O. The van der Waals surface area contributed by atoms with E-state index in [-0.39, 0.29) is 53.1 Å². The molecule has 8 aliphatic rings. The summed E-state index contributed by atoms with van der Waals surface area (Å²) in [5, 5.41) is 104. The van der Waals surface area contributed by atoms with Crippen molar-refractivity contribution in [3.63, 3.8) is 0 Å². The minimum Gasteiger partial charge on any atom is -0.432 e. The van der Waals surface area contributed by atoms with Gasteiger partial charge in [0.15, 0.2) is 18.7 Å². The van der Waals surface area contributed by atoms with E-state index in [4.69, 9.17) is 28.4 Å². The molecule has 1 amide bonds. The number of amides is 1. The summed E-state index contributed by atoms with van der Waals surface area (Å²) in [6.07, 6.45) is -7.07. The minimum atomic E-state index is -1.94. The van der Waals surface area contributed by atoms with Crippen LogP contribution in [-0.2, 0) is 47.6 Å². The normalized spacial score (nSPS) is 47.1. The minimum absolute atomic E-state index is 0.0420. The number of hydrogen-bond donors (Lipinski definition) is 10. The second-order valence-corrected chi connectivity index (χ2v) is 27.4. The number of rotatable bonds is 20. The molecule has 5 aliphatic carbocycles. The number of nitrogens with one attached hydrogen (secondary N) is 1. The van der Waals surface area contributed by atoms with Crippen LogP contribution in [-0.4, -0.2) is 181 Å². The standard InChI is InChI=1S/C60H97NO19/c1-32(64)17-15-13-11-9-10-12-14-16-18-42(68)61-43-37(29-62)77-53(50(45(43)70)79-52-48(73)46(71)49(33(2)76-52)78-51-47(72)44(69)36(65)30-75-51)80-54(74)60-26-25-55(3,4)27-35(60)34-19-20-39-56(5)23-22-40(66)57(6,31-63)38(56)21-24-58(39,7)59(34,8)28-41(60)67/h19,31,33,35-41,43-53,62,65-67,69-73H,9-18,20-30H2,1-8H3,(H,61,68)/t33?,35?,36-,37?,38-,39?,40+,41?,43+,44?,45?,46?,47?,48?,49+,50?,51+,52+,53+,56?,57-,58+,59-,60-/m1/s1. The van der Waals surface area contributed by atoms with Crippen LogP contribution in [0, 0.1) is 50.2 Å². The molecule has 20 heteroatoms. The Morgan fingerprint density at radius 1 is 0.700 bits per heavy atom.